The second-order valence-corrected chi connectivity index (χ2v) is 8.99. The molecule has 1 saturated heterocycles. The Bertz CT molecular complexity index is 1120. The highest BCUT2D eigenvalue weighted by Gasteiger charge is 2.56. The van der Waals surface area contributed by atoms with E-state index in [9.17, 15) is 9.59 Å². The lowest BCUT2D eigenvalue weighted by Crippen LogP contribution is -2.38. The van der Waals surface area contributed by atoms with E-state index in [0.29, 0.717) is 10.8 Å². The molecule has 2 heterocycles. The summed E-state index contributed by atoms with van der Waals surface area (Å²) in [6.07, 6.45) is 7.78. The summed E-state index contributed by atoms with van der Waals surface area (Å²) in [5, 5.41) is 6.06. The Labute approximate surface area is 186 Å². The number of carbonyl (C=O) groups is 2. The number of hydrogen-bond donors (Lipinski definition) is 0. The summed E-state index contributed by atoms with van der Waals surface area (Å²) in [6, 6.07) is 7.44. The maximum absolute atomic E-state index is 13.0. The number of carbonyl (C=O) groups excluding carboxylic acids is 2. The number of rotatable bonds is 4. The average Bonchev–Trinajstić information content (AvgIpc) is 3.20. The fourth-order valence-electron chi connectivity index (χ4n) is 5.42. The Morgan fingerprint density at radius 2 is 1.71 bits per heavy atom. The van der Waals surface area contributed by atoms with Gasteiger partial charge in [0.15, 0.2) is 0 Å². The fourth-order valence-corrected chi connectivity index (χ4v) is 5.59. The third-order valence-corrected chi connectivity index (χ3v) is 7.14. The SMILES string of the molecule is COc1ccc(Cl)cc1-n1c(C)cc(/C=N\N2C(=O)[C@@H]3[C@H](C2=O)[C@H]2C=C[C@H]3CC2)c1C. The van der Waals surface area contributed by atoms with Crippen molar-refractivity contribution in [2.75, 3.05) is 7.11 Å². The van der Waals surface area contributed by atoms with Crippen molar-refractivity contribution in [1.29, 1.82) is 0 Å². The van der Waals surface area contributed by atoms with Crippen molar-refractivity contribution in [2.45, 2.75) is 26.7 Å². The molecule has 0 unspecified atom stereocenters. The number of halogens is 1. The summed E-state index contributed by atoms with van der Waals surface area (Å²) >= 11 is 6.22. The molecule has 0 radical (unpaired) electrons. The Hall–Kier alpha value is -2.86. The van der Waals surface area contributed by atoms with Crippen LogP contribution >= 0.6 is 11.6 Å². The van der Waals surface area contributed by atoms with Gasteiger partial charge in [-0.25, -0.2) is 0 Å². The highest BCUT2D eigenvalue weighted by molar-refractivity contribution is 6.30. The van der Waals surface area contributed by atoms with Crippen LogP contribution in [0.15, 0.2) is 41.5 Å². The van der Waals surface area contributed by atoms with Gasteiger partial charge >= 0.3 is 0 Å². The summed E-state index contributed by atoms with van der Waals surface area (Å²) < 4.78 is 7.54. The third kappa shape index (κ3) is 3.04. The predicted molar refractivity (Wildman–Crippen MR) is 119 cm³/mol. The molecule has 2 fully saturated rings. The fraction of sp³-hybridized carbons (Fsp3) is 0.375. The number of imide groups is 1. The Kier molecular flexibility index (Phi) is 4.77. The van der Waals surface area contributed by atoms with Crippen LogP contribution in [-0.2, 0) is 9.59 Å². The minimum absolute atomic E-state index is 0.159. The van der Waals surface area contributed by atoms with Gasteiger partial charge in [0.25, 0.3) is 11.8 Å². The Morgan fingerprint density at radius 3 is 2.29 bits per heavy atom. The first-order valence-electron chi connectivity index (χ1n) is 10.5. The number of aryl methyl sites for hydroxylation is 1. The van der Waals surface area contributed by atoms with Gasteiger partial charge in [-0.15, -0.1) is 0 Å². The second kappa shape index (κ2) is 7.38. The van der Waals surface area contributed by atoms with Gasteiger partial charge in [0, 0.05) is 22.0 Å². The zero-order chi connectivity index (χ0) is 21.9. The van der Waals surface area contributed by atoms with Crippen molar-refractivity contribution in [3.8, 4) is 11.4 Å². The van der Waals surface area contributed by atoms with Crippen LogP contribution in [0.2, 0.25) is 5.02 Å². The van der Waals surface area contributed by atoms with E-state index in [1.54, 1.807) is 19.4 Å². The number of nitrogens with zero attached hydrogens (tertiary/aromatic N) is 3. The quantitative estimate of drug-likeness (QED) is 0.407. The van der Waals surface area contributed by atoms with Crippen molar-refractivity contribution in [3.05, 3.63) is 58.4 Å². The first-order chi connectivity index (χ1) is 14.9. The highest BCUT2D eigenvalue weighted by atomic mass is 35.5. The molecule has 4 atom stereocenters. The molecule has 0 spiro atoms. The van der Waals surface area contributed by atoms with Crippen LogP contribution in [0.25, 0.3) is 5.69 Å². The van der Waals surface area contributed by atoms with Crippen molar-refractivity contribution in [3.63, 3.8) is 0 Å². The van der Waals surface area contributed by atoms with E-state index < -0.39 is 0 Å². The molecule has 2 amide bonds. The van der Waals surface area contributed by atoms with Gasteiger partial charge < -0.3 is 9.30 Å². The topological polar surface area (TPSA) is 63.9 Å². The van der Waals surface area contributed by atoms with Crippen LogP contribution in [0.3, 0.4) is 0 Å². The molecule has 160 valence electrons. The zero-order valence-corrected chi connectivity index (χ0v) is 18.5. The van der Waals surface area contributed by atoms with Crippen molar-refractivity contribution >= 4 is 29.6 Å². The molecule has 1 aliphatic heterocycles. The highest BCUT2D eigenvalue weighted by Crippen LogP contribution is 2.49. The molecule has 3 aliphatic carbocycles. The molecule has 0 N–H and O–H groups in total. The Morgan fingerprint density at radius 1 is 1.06 bits per heavy atom. The number of hydrazone groups is 1. The number of benzene rings is 1. The van der Waals surface area contributed by atoms with Crippen LogP contribution < -0.4 is 4.74 Å². The summed E-state index contributed by atoms with van der Waals surface area (Å²) in [4.78, 5) is 26.0. The predicted octanol–water partition coefficient (Wildman–Crippen LogP) is 4.29. The summed E-state index contributed by atoms with van der Waals surface area (Å²) in [5.41, 5.74) is 3.54. The van der Waals surface area contributed by atoms with Crippen LogP contribution in [-0.4, -0.2) is 34.7 Å². The van der Waals surface area contributed by atoms with Crippen LogP contribution in [0.4, 0.5) is 0 Å². The van der Waals surface area contributed by atoms with Crippen molar-refractivity contribution < 1.29 is 14.3 Å². The first-order valence-corrected chi connectivity index (χ1v) is 10.9. The number of aromatic nitrogens is 1. The van der Waals surface area contributed by atoms with E-state index in [4.69, 9.17) is 16.3 Å². The van der Waals surface area contributed by atoms with E-state index in [0.717, 1.165) is 40.5 Å². The van der Waals surface area contributed by atoms with E-state index in [1.807, 2.05) is 36.6 Å². The van der Waals surface area contributed by atoms with Gasteiger partial charge in [0.2, 0.25) is 0 Å². The molecule has 4 aliphatic rings. The lowest BCUT2D eigenvalue weighted by molar-refractivity contribution is -0.140. The van der Waals surface area contributed by atoms with Gasteiger partial charge in [-0.3, -0.25) is 9.59 Å². The molecule has 7 heteroatoms. The number of hydrogen-bond acceptors (Lipinski definition) is 4. The van der Waals surface area contributed by atoms with Crippen LogP contribution in [0.5, 0.6) is 5.75 Å². The van der Waals surface area contributed by atoms with Gasteiger partial charge in [0.05, 0.1) is 30.8 Å². The van der Waals surface area contributed by atoms with E-state index in [1.165, 1.54) is 0 Å². The van der Waals surface area contributed by atoms with Crippen LogP contribution in [0, 0.1) is 37.5 Å². The smallest absolute Gasteiger partial charge is 0.254 e. The number of allylic oxidation sites excluding steroid dienone is 2. The first kappa shape index (κ1) is 20.1. The summed E-state index contributed by atoms with van der Waals surface area (Å²) in [7, 11) is 1.62. The minimum atomic E-state index is -0.253. The van der Waals surface area contributed by atoms with Gasteiger partial charge in [-0.05, 0) is 62.8 Å². The molecule has 1 aromatic carbocycles. The third-order valence-electron chi connectivity index (χ3n) is 6.90. The molecular weight excluding hydrogens is 414 g/mol. The monoisotopic (exact) mass is 437 g/mol. The molecule has 1 aromatic heterocycles. The normalized spacial score (nSPS) is 26.9. The maximum atomic E-state index is 13.0. The summed E-state index contributed by atoms with van der Waals surface area (Å²) in [6.45, 7) is 3.95. The standard InChI is InChI=1S/C24H24ClN3O3/c1-13-10-17(14(2)27(13)19-11-18(25)8-9-20(19)31-3)12-26-28-23(29)21-15-4-5-16(7-6-15)22(21)24(28)30/h4-5,8-12,15-16,21-22H,6-7H2,1-3H3/b26-12-/t15-,16-,21-,22+/m0/s1. The number of fused-ring (bicyclic) bond motifs is 1. The molecule has 2 bridgehead atoms. The maximum Gasteiger partial charge on any atom is 0.254 e. The average molecular weight is 438 g/mol. The molecular formula is C24H24ClN3O3. The van der Waals surface area contributed by atoms with Crippen molar-refractivity contribution in [1.82, 2.24) is 9.58 Å². The lowest BCUT2D eigenvalue weighted by Gasteiger charge is -2.37. The largest absolute Gasteiger partial charge is 0.495 e. The molecule has 1 saturated carbocycles. The van der Waals surface area contributed by atoms with E-state index in [2.05, 4.69) is 17.3 Å². The Balaban J connectivity index is 1.47. The molecule has 6 nitrogen and oxygen atoms in total. The van der Waals surface area contributed by atoms with Crippen LogP contribution in [0.1, 0.15) is 29.8 Å². The number of amides is 2. The number of ether oxygens (including phenoxy) is 1. The van der Waals surface area contributed by atoms with E-state index >= 15 is 0 Å². The zero-order valence-electron chi connectivity index (χ0n) is 17.7. The van der Waals surface area contributed by atoms with Gasteiger partial charge in [0.1, 0.15) is 5.75 Å². The summed E-state index contributed by atoms with van der Waals surface area (Å²) in [5.74, 6) is 0.171. The molecule has 31 heavy (non-hydrogen) atoms. The van der Waals surface area contributed by atoms with E-state index in [-0.39, 0.29) is 35.5 Å². The number of methoxy groups -OCH3 is 1. The minimum Gasteiger partial charge on any atom is -0.495 e. The van der Waals surface area contributed by atoms with Gasteiger partial charge in [-0.2, -0.15) is 10.1 Å². The van der Waals surface area contributed by atoms with Gasteiger partial charge in [-0.1, -0.05) is 23.8 Å². The second-order valence-electron chi connectivity index (χ2n) is 8.55. The van der Waals surface area contributed by atoms with Crippen molar-refractivity contribution in [2.24, 2.45) is 28.8 Å². The molecule has 6 rings (SSSR count). The lowest BCUT2D eigenvalue weighted by atomic mass is 9.63. The molecule has 2 aromatic rings.